The minimum Gasteiger partial charge on any atom is -0.317 e. The highest BCUT2D eigenvalue weighted by Crippen LogP contribution is 2.44. The molecule has 110 valence electrons. The lowest BCUT2D eigenvalue weighted by atomic mass is 9.96. The zero-order chi connectivity index (χ0) is 13.3. The zero-order valence-electron chi connectivity index (χ0n) is 11.6. The Hall–Kier alpha value is -0.130. The monoisotopic (exact) mass is 286 g/mol. The molecule has 2 bridgehead atoms. The van der Waals surface area contributed by atoms with Gasteiger partial charge < -0.3 is 5.32 Å². The number of hydrogen-bond acceptors (Lipinski definition) is 3. The maximum Gasteiger partial charge on any atom is 0.211 e. The highest BCUT2D eigenvalue weighted by Gasteiger charge is 2.41. The zero-order valence-corrected chi connectivity index (χ0v) is 12.4. The molecule has 0 spiro atoms. The van der Waals surface area contributed by atoms with E-state index >= 15 is 0 Å². The number of nitrogens with one attached hydrogen (secondary N) is 2. The number of piperidine rings is 1. The van der Waals surface area contributed by atoms with Crippen molar-refractivity contribution in [3.05, 3.63) is 0 Å². The fraction of sp³-hybridized carbons (Fsp3) is 1.00. The Bertz CT molecular complexity index is 404. The molecule has 3 unspecified atom stereocenters. The third kappa shape index (κ3) is 3.50. The molecule has 3 rings (SSSR count). The molecule has 0 aromatic heterocycles. The predicted molar refractivity (Wildman–Crippen MR) is 76.4 cm³/mol. The first-order valence-electron chi connectivity index (χ1n) is 7.83. The Morgan fingerprint density at radius 3 is 2.47 bits per heavy atom. The van der Waals surface area contributed by atoms with E-state index in [9.17, 15) is 8.42 Å². The second-order valence-electron chi connectivity index (χ2n) is 6.70. The number of hydrogen-bond donors (Lipinski definition) is 2. The summed E-state index contributed by atoms with van der Waals surface area (Å²) in [5.74, 6) is 2.34. The van der Waals surface area contributed by atoms with Gasteiger partial charge in [-0.15, -0.1) is 0 Å². The molecule has 5 heteroatoms. The number of fused-ring (bicyclic) bond motifs is 2. The first-order valence-corrected chi connectivity index (χ1v) is 9.48. The fourth-order valence-electron chi connectivity index (χ4n) is 4.17. The molecule has 2 N–H and O–H groups in total. The maximum absolute atomic E-state index is 12.2. The second-order valence-corrected chi connectivity index (χ2v) is 8.57. The fourth-order valence-corrected chi connectivity index (χ4v) is 5.68. The summed E-state index contributed by atoms with van der Waals surface area (Å²) in [4.78, 5) is 0. The minimum atomic E-state index is -3.06. The van der Waals surface area contributed by atoms with Crippen molar-refractivity contribution in [1.82, 2.24) is 10.0 Å². The van der Waals surface area contributed by atoms with E-state index in [0.29, 0.717) is 17.6 Å². The molecule has 1 saturated heterocycles. The van der Waals surface area contributed by atoms with E-state index < -0.39 is 10.0 Å². The van der Waals surface area contributed by atoms with Crippen LogP contribution in [0.25, 0.3) is 0 Å². The number of rotatable bonds is 5. The van der Waals surface area contributed by atoms with Gasteiger partial charge in [-0.25, -0.2) is 13.1 Å². The molecule has 4 nitrogen and oxygen atoms in total. The van der Waals surface area contributed by atoms with Crippen LogP contribution in [-0.2, 0) is 10.0 Å². The van der Waals surface area contributed by atoms with Crippen LogP contribution in [0.2, 0.25) is 0 Å². The third-order valence-corrected chi connectivity index (χ3v) is 6.76. The highest BCUT2D eigenvalue weighted by molar-refractivity contribution is 7.89. The predicted octanol–water partition coefficient (Wildman–Crippen LogP) is 1.48. The van der Waals surface area contributed by atoms with Crippen molar-refractivity contribution in [2.24, 2.45) is 17.8 Å². The molecule has 2 aliphatic carbocycles. The van der Waals surface area contributed by atoms with E-state index in [2.05, 4.69) is 10.0 Å². The molecular weight excluding hydrogens is 260 g/mol. The van der Waals surface area contributed by atoms with Crippen molar-refractivity contribution in [3.8, 4) is 0 Å². The Kier molecular flexibility index (Phi) is 4.15. The van der Waals surface area contributed by atoms with Gasteiger partial charge in [0.2, 0.25) is 10.0 Å². The molecule has 19 heavy (non-hydrogen) atoms. The van der Waals surface area contributed by atoms with E-state index in [1.807, 2.05) is 0 Å². The smallest absolute Gasteiger partial charge is 0.211 e. The van der Waals surface area contributed by atoms with Crippen LogP contribution in [0.5, 0.6) is 0 Å². The first-order chi connectivity index (χ1) is 9.12. The van der Waals surface area contributed by atoms with Gasteiger partial charge in [-0.3, -0.25) is 0 Å². The van der Waals surface area contributed by atoms with E-state index in [1.165, 1.54) is 19.3 Å². The van der Waals surface area contributed by atoms with Crippen molar-refractivity contribution in [1.29, 1.82) is 0 Å². The lowest BCUT2D eigenvalue weighted by molar-refractivity contribution is 0.362. The number of sulfonamides is 1. The molecule has 0 radical (unpaired) electrons. The summed E-state index contributed by atoms with van der Waals surface area (Å²) < 4.78 is 27.3. The van der Waals surface area contributed by atoms with E-state index in [1.54, 1.807) is 0 Å². The molecule has 1 heterocycles. The molecule has 2 saturated carbocycles. The van der Waals surface area contributed by atoms with Gasteiger partial charge in [-0.2, -0.15) is 0 Å². The van der Waals surface area contributed by atoms with Crippen molar-refractivity contribution in [2.75, 3.05) is 18.8 Å². The van der Waals surface area contributed by atoms with E-state index in [4.69, 9.17) is 0 Å². The van der Waals surface area contributed by atoms with Gasteiger partial charge in [0.05, 0.1) is 5.75 Å². The van der Waals surface area contributed by atoms with Crippen LogP contribution in [0, 0.1) is 17.8 Å². The summed E-state index contributed by atoms with van der Waals surface area (Å²) in [5.41, 5.74) is 0. The molecule has 0 aromatic rings. The van der Waals surface area contributed by atoms with Gasteiger partial charge in [-0.1, -0.05) is 6.42 Å². The molecule has 3 aliphatic rings. The van der Waals surface area contributed by atoms with Crippen LogP contribution >= 0.6 is 0 Å². The molecule has 0 amide bonds. The largest absolute Gasteiger partial charge is 0.317 e. The Labute approximate surface area is 116 Å². The van der Waals surface area contributed by atoms with Crippen LogP contribution in [0.3, 0.4) is 0 Å². The van der Waals surface area contributed by atoms with Crippen molar-refractivity contribution in [3.63, 3.8) is 0 Å². The summed E-state index contributed by atoms with van der Waals surface area (Å²) >= 11 is 0. The third-order valence-electron chi connectivity index (χ3n) is 5.32. The summed E-state index contributed by atoms with van der Waals surface area (Å²) in [7, 11) is -3.06. The topological polar surface area (TPSA) is 58.2 Å². The van der Waals surface area contributed by atoms with Gasteiger partial charge >= 0.3 is 0 Å². The van der Waals surface area contributed by atoms with Crippen LogP contribution in [0.15, 0.2) is 0 Å². The van der Waals surface area contributed by atoms with Gasteiger partial charge in [0.1, 0.15) is 0 Å². The van der Waals surface area contributed by atoms with Gasteiger partial charge in [-0.05, 0) is 69.4 Å². The molecule has 3 fully saturated rings. The van der Waals surface area contributed by atoms with E-state index in [-0.39, 0.29) is 6.04 Å². The Morgan fingerprint density at radius 1 is 1.05 bits per heavy atom. The Balaban J connectivity index is 1.46. The average Bonchev–Trinajstić information content (AvgIpc) is 2.99. The van der Waals surface area contributed by atoms with Crippen LogP contribution < -0.4 is 10.0 Å². The lowest BCUT2D eigenvalue weighted by Crippen LogP contribution is -2.40. The SMILES string of the molecule is O=S(=O)(CCC1CCNCC1)NC1CC2CCC1C2. The average molecular weight is 286 g/mol. The normalized spacial score (nSPS) is 35.9. The van der Waals surface area contributed by atoms with Crippen LogP contribution in [0.1, 0.15) is 44.9 Å². The van der Waals surface area contributed by atoms with Gasteiger partial charge in [0.15, 0.2) is 0 Å². The lowest BCUT2D eigenvalue weighted by Gasteiger charge is -2.25. The van der Waals surface area contributed by atoms with Crippen LogP contribution in [0.4, 0.5) is 0 Å². The summed E-state index contributed by atoms with van der Waals surface area (Å²) in [6.07, 6.45) is 7.97. The van der Waals surface area contributed by atoms with Crippen molar-refractivity contribution in [2.45, 2.75) is 51.0 Å². The first kappa shape index (κ1) is 13.8. The minimum absolute atomic E-state index is 0.247. The summed E-state index contributed by atoms with van der Waals surface area (Å²) in [6.45, 7) is 2.09. The van der Waals surface area contributed by atoms with Crippen LogP contribution in [-0.4, -0.2) is 33.3 Å². The quantitative estimate of drug-likeness (QED) is 0.805. The molecule has 3 atom stereocenters. The van der Waals surface area contributed by atoms with Gasteiger partial charge in [0, 0.05) is 6.04 Å². The summed E-state index contributed by atoms with van der Waals surface area (Å²) in [6, 6.07) is 0.247. The van der Waals surface area contributed by atoms with E-state index in [0.717, 1.165) is 44.7 Å². The van der Waals surface area contributed by atoms with Gasteiger partial charge in [0.25, 0.3) is 0 Å². The van der Waals surface area contributed by atoms with Crippen molar-refractivity contribution < 1.29 is 8.42 Å². The molecule has 1 aliphatic heterocycles. The highest BCUT2D eigenvalue weighted by atomic mass is 32.2. The van der Waals surface area contributed by atoms with Crippen molar-refractivity contribution >= 4 is 10.0 Å². The molecule has 0 aromatic carbocycles. The Morgan fingerprint density at radius 2 is 1.84 bits per heavy atom. The standard InChI is InChI=1S/C14H26N2O2S/c17-19(18,8-5-11-3-6-15-7-4-11)16-14-10-12-1-2-13(14)9-12/h11-16H,1-10H2. The molecular formula is C14H26N2O2S. The maximum atomic E-state index is 12.2. The second kappa shape index (κ2) is 5.70. The summed E-state index contributed by atoms with van der Waals surface area (Å²) in [5, 5.41) is 3.32.